The number of methoxy groups -OCH3 is 2. The van der Waals surface area contributed by atoms with E-state index in [4.69, 9.17) is 9.47 Å². The van der Waals surface area contributed by atoms with Gasteiger partial charge in [-0.2, -0.15) is 0 Å². The van der Waals surface area contributed by atoms with Gasteiger partial charge < -0.3 is 9.47 Å². The van der Waals surface area contributed by atoms with Gasteiger partial charge >= 0.3 is 0 Å². The molecule has 2 nitrogen and oxygen atoms in total. The Labute approximate surface area is 142 Å². The third kappa shape index (κ3) is 2.44. The molecule has 120 valence electrons. The summed E-state index contributed by atoms with van der Waals surface area (Å²) in [5.74, 6) is 1.79. The number of hydrogen-bond donors (Lipinski definition) is 0. The van der Waals surface area contributed by atoms with Crippen molar-refractivity contribution in [3.8, 4) is 33.8 Å². The highest BCUT2D eigenvalue weighted by Gasteiger charge is 2.22. The van der Waals surface area contributed by atoms with Gasteiger partial charge in [0.25, 0.3) is 0 Å². The topological polar surface area (TPSA) is 18.5 Å². The van der Waals surface area contributed by atoms with Gasteiger partial charge in [0, 0.05) is 0 Å². The molecule has 3 aromatic rings. The maximum atomic E-state index is 5.26. The Kier molecular flexibility index (Phi) is 3.73. The van der Waals surface area contributed by atoms with Crippen LogP contribution in [0.4, 0.5) is 0 Å². The molecule has 0 saturated heterocycles. The molecule has 0 spiro atoms. The molecule has 0 fully saturated rings. The zero-order valence-electron chi connectivity index (χ0n) is 14.0. The first-order valence-electron chi connectivity index (χ1n) is 8.24. The molecule has 0 saturated carbocycles. The minimum absolute atomic E-state index is 0.896. The van der Waals surface area contributed by atoms with Gasteiger partial charge in [-0.1, -0.05) is 36.4 Å². The van der Waals surface area contributed by atoms with Gasteiger partial charge in [0.1, 0.15) is 11.5 Å². The molecule has 0 bridgehead atoms. The number of ether oxygens (including phenoxy) is 2. The van der Waals surface area contributed by atoms with Gasteiger partial charge in [0.2, 0.25) is 0 Å². The number of benzene rings is 3. The van der Waals surface area contributed by atoms with Crippen molar-refractivity contribution >= 4 is 0 Å². The smallest absolute Gasteiger partial charge is 0.118 e. The fourth-order valence-electron chi connectivity index (χ4n) is 3.42. The van der Waals surface area contributed by atoms with E-state index in [1.165, 1.54) is 33.4 Å². The molecule has 0 N–H and O–H groups in total. The molecule has 0 unspecified atom stereocenters. The monoisotopic (exact) mass is 316 g/mol. The van der Waals surface area contributed by atoms with Gasteiger partial charge in [-0.15, -0.1) is 0 Å². The Bertz CT molecular complexity index is 787. The molecule has 2 heteroatoms. The average molecular weight is 316 g/mol. The third-order valence-electron chi connectivity index (χ3n) is 4.86. The Balaban J connectivity index is 1.73. The van der Waals surface area contributed by atoms with Crippen LogP contribution in [0.25, 0.3) is 22.3 Å². The standard InChI is InChI=1S/C22H20O2/c1-23-17-7-3-15(4-8-17)19-11-12-20(22-14-13-21(19)22)16-5-9-18(24-2)10-6-16/h3-12H,13-14H2,1-2H3. The zero-order valence-corrected chi connectivity index (χ0v) is 14.0. The van der Waals surface area contributed by atoms with E-state index < -0.39 is 0 Å². The highest BCUT2D eigenvalue weighted by Crippen LogP contribution is 2.40. The first kappa shape index (κ1) is 14.8. The van der Waals surface area contributed by atoms with E-state index in [1.54, 1.807) is 14.2 Å². The lowest BCUT2D eigenvalue weighted by molar-refractivity contribution is 0.415. The molecule has 24 heavy (non-hydrogen) atoms. The number of rotatable bonds is 4. The van der Waals surface area contributed by atoms with Crippen LogP contribution in [-0.4, -0.2) is 14.2 Å². The maximum Gasteiger partial charge on any atom is 0.118 e. The second kappa shape index (κ2) is 6.04. The van der Waals surface area contributed by atoms with Crippen LogP contribution >= 0.6 is 0 Å². The molecule has 1 aliphatic carbocycles. The van der Waals surface area contributed by atoms with Crippen LogP contribution in [0.15, 0.2) is 60.7 Å². The van der Waals surface area contributed by atoms with Crippen molar-refractivity contribution in [2.24, 2.45) is 0 Å². The fourth-order valence-corrected chi connectivity index (χ4v) is 3.42. The Hall–Kier alpha value is -2.74. The molecule has 4 rings (SSSR count). The highest BCUT2D eigenvalue weighted by molar-refractivity contribution is 5.80. The lowest BCUT2D eigenvalue weighted by Crippen LogP contribution is -2.12. The highest BCUT2D eigenvalue weighted by atomic mass is 16.5. The molecule has 0 radical (unpaired) electrons. The lowest BCUT2D eigenvalue weighted by atomic mass is 9.78. The summed E-state index contributed by atoms with van der Waals surface area (Å²) in [5.41, 5.74) is 8.16. The second-order valence-corrected chi connectivity index (χ2v) is 6.07. The largest absolute Gasteiger partial charge is 0.497 e. The van der Waals surface area contributed by atoms with E-state index in [1.807, 2.05) is 24.3 Å². The first-order valence-corrected chi connectivity index (χ1v) is 8.24. The van der Waals surface area contributed by atoms with Gasteiger partial charge in [0.15, 0.2) is 0 Å². The van der Waals surface area contributed by atoms with Crippen molar-refractivity contribution in [2.75, 3.05) is 14.2 Å². The average Bonchev–Trinajstić information content (AvgIpc) is 2.62. The fraction of sp³-hybridized carbons (Fsp3) is 0.182. The number of fused-ring (bicyclic) bond motifs is 1. The summed E-state index contributed by atoms with van der Waals surface area (Å²) in [4.78, 5) is 0. The van der Waals surface area contributed by atoms with Crippen molar-refractivity contribution in [3.63, 3.8) is 0 Å². The van der Waals surface area contributed by atoms with Gasteiger partial charge in [-0.05, 0) is 70.5 Å². The molecular formula is C22H20O2. The minimum Gasteiger partial charge on any atom is -0.497 e. The molecule has 0 amide bonds. The number of hydrogen-bond acceptors (Lipinski definition) is 2. The molecular weight excluding hydrogens is 296 g/mol. The normalized spacial score (nSPS) is 12.2. The van der Waals surface area contributed by atoms with Gasteiger partial charge in [-0.25, -0.2) is 0 Å². The van der Waals surface area contributed by atoms with E-state index >= 15 is 0 Å². The third-order valence-corrected chi connectivity index (χ3v) is 4.86. The van der Waals surface area contributed by atoms with Crippen LogP contribution in [-0.2, 0) is 12.8 Å². The van der Waals surface area contributed by atoms with Crippen LogP contribution in [0.2, 0.25) is 0 Å². The summed E-state index contributed by atoms with van der Waals surface area (Å²) >= 11 is 0. The molecule has 1 aliphatic rings. The summed E-state index contributed by atoms with van der Waals surface area (Å²) in [6.45, 7) is 0. The summed E-state index contributed by atoms with van der Waals surface area (Å²) in [5, 5.41) is 0. The summed E-state index contributed by atoms with van der Waals surface area (Å²) in [6.07, 6.45) is 2.31. The Morgan fingerprint density at radius 1 is 0.542 bits per heavy atom. The zero-order chi connectivity index (χ0) is 16.5. The quantitative estimate of drug-likeness (QED) is 0.664. The SMILES string of the molecule is COc1ccc(-c2ccc(-c3ccc(OC)cc3)c3c2CC3)cc1. The van der Waals surface area contributed by atoms with Crippen molar-refractivity contribution in [2.45, 2.75) is 12.8 Å². The van der Waals surface area contributed by atoms with Crippen LogP contribution in [0.5, 0.6) is 11.5 Å². The van der Waals surface area contributed by atoms with Crippen LogP contribution < -0.4 is 9.47 Å². The van der Waals surface area contributed by atoms with Gasteiger partial charge in [0.05, 0.1) is 14.2 Å². The van der Waals surface area contributed by atoms with E-state index in [0.29, 0.717) is 0 Å². The molecule has 0 aromatic heterocycles. The predicted molar refractivity (Wildman–Crippen MR) is 97.8 cm³/mol. The Morgan fingerprint density at radius 2 is 0.917 bits per heavy atom. The first-order chi connectivity index (χ1) is 11.8. The van der Waals surface area contributed by atoms with E-state index in [0.717, 1.165) is 24.3 Å². The van der Waals surface area contributed by atoms with Crippen molar-refractivity contribution in [1.82, 2.24) is 0 Å². The van der Waals surface area contributed by atoms with E-state index in [9.17, 15) is 0 Å². The molecule has 0 heterocycles. The lowest BCUT2D eigenvalue weighted by Gasteiger charge is -2.26. The van der Waals surface area contributed by atoms with Crippen LogP contribution in [0.1, 0.15) is 11.1 Å². The molecule has 0 atom stereocenters. The van der Waals surface area contributed by atoms with Gasteiger partial charge in [-0.3, -0.25) is 0 Å². The van der Waals surface area contributed by atoms with E-state index in [-0.39, 0.29) is 0 Å². The Morgan fingerprint density at radius 3 is 1.21 bits per heavy atom. The van der Waals surface area contributed by atoms with Crippen LogP contribution in [0.3, 0.4) is 0 Å². The van der Waals surface area contributed by atoms with Crippen molar-refractivity contribution < 1.29 is 9.47 Å². The molecule has 3 aromatic carbocycles. The summed E-state index contributed by atoms with van der Waals surface area (Å²) < 4.78 is 10.5. The maximum absolute atomic E-state index is 5.26. The second-order valence-electron chi connectivity index (χ2n) is 6.07. The van der Waals surface area contributed by atoms with E-state index in [2.05, 4.69) is 36.4 Å². The summed E-state index contributed by atoms with van der Waals surface area (Å²) in [7, 11) is 3.40. The minimum atomic E-state index is 0.896. The summed E-state index contributed by atoms with van der Waals surface area (Å²) in [6, 6.07) is 21.2. The molecule has 0 aliphatic heterocycles. The predicted octanol–water partition coefficient (Wildman–Crippen LogP) is 5.14. The van der Waals surface area contributed by atoms with Crippen molar-refractivity contribution in [1.29, 1.82) is 0 Å². The van der Waals surface area contributed by atoms with Crippen LogP contribution in [0, 0.1) is 0 Å². The van der Waals surface area contributed by atoms with Crippen molar-refractivity contribution in [3.05, 3.63) is 71.8 Å².